The summed E-state index contributed by atoms with van der Waals surface area (Å²) in [6.07, 6.45) is 1.76. The predicted octanol–water partition coefficient (Wildman–Crippen LogP) is 1.02. The maximum absolute atomic E-state index is 11.9. The Morgan fingerprint density at radius 3 is 2.59 bits per heavy atom. The summed E-state index contributed by atoms with van der Waals surface area (Å²) in [6.45, 7) is 3.77. The van der Waals surface area contributed by atoms with E-state index in [1.54, 1.807) is 21.0 Å². The first-order valence-electron chi connectivity index (χ1n) is 7.10. The average Bonchev–Trinajstić information content (AvgIpc) is 2.43. The Labute approximate surface area is 132 Å². The van der Waals surface area contributed by atoms with Gasteiger partial charge < -0.3 is 10.1 Å². The molecule has 0 aliphatic heterocycles. The van der Waals surface area contributed by atoms with E-state index in [1.165, 1.54) is 4.31 Å². The number of hydrogen-bond acceptors (Lipinski definition) is 4. The lowest BCUT2D eigenvalue weighted by Crippen LogP contribution is -2.44. The Bertz CT molecular complexity index is 599. The number of nitrogens with zero attached hydrogens (tertiary/aromatic N) is 1. The summed E-state index contributed by atoms with van der Waals surface area (Å²) < 4.78 is 29.5. The van der Waals surface area contributed by atoms with Crippen LogP contribution in [0.5, 0.6) is 5.75 Å². The molecule has 0 aliphatic rings. The highest BCUT2D eigenvalue weighted by Crippen LogP contribution is 2.12. The maximum Gasteiger partial charge on any atom is 0.235 e. The molecule has 0 saturated carbocycles. The van der Waals surface area contributed by atoms with Crippen molar-refractivity contribution in [3.05, 3.63) is 29.8 Å². The number of carbonyl (C=O) groups excluding carboxylic acids is 1. The van der Waals surface area contributed by atoms with Gasteiger partial charge in [-0.1, -0.05) is 12.1 Å². The maximum atomic E-state index is 11.9. The van der Waals surface area contributed by atoms with Gasteiger partial charge in [-0.15, -0.1) is 0 Å². The van der Waals surface area contributed by atoms with Gasteiger partial charge in [-0.3, -0.25) is 4.79 Å². The number of amides is 1. The van der Waals surface area contributed by atoms with Gasteiger partial charge in [-0.2, -0.15) is 4.31 Å². The Balaban J connectivity index is 2.49. The van der Waals surface area contributed by atoms with E-state index in [9.17, 15) is 13.2 Å². The van der Waals surface area contributed by atoms with Crippen molar-refractivity contribution in [1.29, 1.82) is 0 Å². The predicted molar refractivity (Wildman–Crippen MR) is 86.4 cm³/mol. The zero-order valence-electron chi connectivity index (χ0n) is 13.5. The molecule has 0 heterocycles. The molecule has 0 fully saturated rings. The summed E-state index contributed by atoms with van der Waals surface area (Å²) in [5.41, 5.74) is 1.04. The lowest BCUT2D eigenvalue weighted by atomic mass is 10.1. The Kier molecular flexibility index (Phi) is 6.83. The molecular weight excluding hydrogens is 304 g/mol. The van der Waals surface area contributed by atoms with Crippen LogP contribution < -0.4 is 10.1 Å². The normalized spacial score (nSPS) is 11.7. The van der Waals surface area contributed by atoms with Crippen molar-refractivity contribution in [2.75, 3.05) is 26.5 Å². The summed E-state index contributed by atoms with van der Waals surface area (Å²) in [6, 6.07) is 7.35. The Morgan fingerprint density at radius 2 is 2.05 bits per heavy atom. The lowest BCUT2D eigenvalue weighted by Gasteiger charge is -2.23. The van der Waals surface area contributed by atoms with Crippen LogP contribution in [0.4, 0.5) is 0 Å². The third-order valence-electron chi connectivity index (χ3n) is 3.17. The molecule has 7 heteroatoms. The van der Waals surface area contributed by atoms with Gasteiger partial charge in [0.05, 0.1) is 19.9 Å². The van der Waals surface area contributed by atoms with E-state index in [0.717, 1.165) is 17.6 Å². The zero-order valence-corrected chi connectivity index (χ0v) is 14.3. The van der Waals surface area contributed by atoms with Gasteiger partial charge in [0.1, 0.15) is 5.75 Å². The minimum absolute atomic E-state index is 0.158. The van der Waals surface area contributed by atoms with E-state index in [0.29, 0.717) is 13.0 Å². The van der Waals surface area contributed by atoms with E-state index < -0.39 is 10.0 Å². The van der Waals surface area contributed by atoms with Gasteiger partial charge >= 0.3 is 0 Å². The van der Waals surface area contributed by atoms with Gasteiger partial charge in [0, 0.05) is 12.6 Å². The van der Waals surface area contributed by atoms with E-state index in [1.807, 2.05) is 24.3 Å². The van der Waals surface area contributed by atoms with Crippen molar-refractivity contribution in [2.24, 2.45) is 0 Å². The Hall–Kier alpha value is -1.60. The fourth-order valence-corrected chi connectivity index (χ4v) is 3.17. The topological polar surface area (TPSA) is 75.7 Å². The number of methoxy groups -OCH3 is 1. The molecule has 1 aromatic carbocycles. The molecule has 0 aromatic heterocycles. The molecule has 1 N–H and O–H groups in total. The highest BCUT2D eigenvalue weighted by atomic mass is 32.2. The van der Waals surface area contributed by atoms with Gasteiger partial charge in [0.15, 0.2) is 0 Å². The van der Waals surface area contributed by atoms with Crippen LogP contribution in [0.1, 0.15) is 19.4 Å². The van der Waals surface area contributed by atoms with Crippen molar-refractivity contribution in [1.82, 2.24) is 9.62 Å². The standard InChI is InChI=1S/C15H24N2O4S/c1-12(2)17(22(4,19)20)11-15(18)16-9-8-13-6-5-7-14(10-13)21-3/h5-7,10,12H,8-9,11H2,1-4H3,(H,16,18). The van der Waals surface area contributed by atoms with Crippen LogP contribution in [0.25, 0.3) is 0 Å². The molecule has 6 nitrogen and oxygen atoms in total. The lowest BCUT2D eigenvalue weighted by molar-refractivity contribution is -0.121. The van der Waals surface area contributed by atoms with Crippen LogP contribution >= 0.6 is 0 Å². The van der Waals surface area contributed by atoms with Crippen LogP contribution in [0, 0.1) is 0 Å². The molecule has 1 rings (SSSR count). The number of rotatable bonds is 8. The molecule has 1 aromatic rings. The molecule has 0 spiro atoms. The molecule has 0 radical (unpaired) electrons. The Morgan fingerprint density at radius 1 is 1.36 bits per heavy atom. The smallest absolute Gasteiger partial charge is 0.235 e. The molecule has 22 heavy (non-hydrogen) atoms. The molecule has 0 aliphatic carbocycles. The second-order valence-electron chi connectivity index (χ2n) is 5.35. The second-order valence-corrected chi connectivity index (χ2v) is 7.29. The minimum atomic E-state index is -3.39. The van der Waals surface area contributed by atoms with Crippen LogP contribution in [0.3, 0.4) is 0 Å². The quantitative estimate of drug-likeness (QED) is 0.773. The van der Waals surface area contributed by atoms with Crippen molar-refractivity contribution in [2.45, 2.75) is 26.3 Å². The summed E-state index contributed by atoms with van der Waals surface area (Å²) in [5, 5.41) is 2.74. The SMILES string of the molecule is COc1cccc(CCNC(=O)CN(C(C)C)S(C)(=O)=O)c1. The molecule has 0 atom stereocenters. The molecule has 0 bridgehead atoms. The fraction of sp³-hybridized carbons (Fsp3) is 0.533. The van der Waals surface area contributed by atoms with Crippen LogP contribution in [0.2, 0.25) is 0 Å². The van der Waals surface area contributed by atoms with Crippen LogP contribution in [-0.4, -0.2) is 51.1 Å². The van der Waals surface area contributed by atoms with Gasteiger partial charge in [-0.05, 0) is 38.0 Å². The third-order valence-corrected chi connectivity index (χ3v) is 4.57. The number of nitrogens with one attached hydrogen (secondary N) is 1. The first-order chi connectivity index (χ1) is 10.2. The highest BCUT2D eigenvalue weighted by Gasteiger charge is 2.22. The van der Waals surface area contributed by atoms with Crippen LogP contribution in [0.15, 0.2) is 24.3 Å². The summed E-state index contributed by atoms with van der Waals surface area (Å²) in [5.74, 6) is 0.467. The monoisotopic (exact) mass is 328 g/mol. The second kappa shape index (κ2) is 8.14. The van der Waals surface area contributed by atoms with Crippen LogP contribution in [-0.2, 0) is 21.2 Å². The summed E-state index contributed by atoms with van der Waals surface area (Å²) >= 11 is 0. The van der Waals surface area contributed by atoms with Gasteiger partial charge in [0.25, 0.3) is 0 Å². The number of ether oxygens (including phenoxy) is 1. The zero-order chi connectivity index (χ0) is 16.8. The molecule has 1 amide bonds. The van der Waals surface area contributed by atoms with Crippen molar-refractivity contribution in [3.8, 4) is 5.75 Å². The van der Waals surface area contributed by atoms with Crippen molar-refractivity contribution < 1.29 is 17.9 Å². The number of benzene rings is 1. The molecular formula is C15H24N2O4S. The van der Waals surface area contributed by atoms with E-state index >= 15 is 0 Å². The first-order valence-corrected chi connectivity index (χ1v) is 8.95. The molecule has 124 valence electrons. The van der Waals surface area contributed by atoms with E-state index in [2.05, 4.69) is 5.32 Å². The summed E-state index contributed by atoms with van der Waals surface area (Å²) in [4.78, 5) is 11.9. The minimum Gasteiger partial charge on any atom is -0.497 e. The van der Waals surface area contributed by atoms with Gasteiger partial charge in [-0.25, -0.2) is 8.42 Å². The van der Waals surface area contributed by atoms with Crippen molar-refractivity contribution in [3.63, 3.8) is 0 Å². The number of sulfonamides is 1. The largest absolute Gasteiger partial charge is 0.497 e. The number of hydrogen-bond donors (Lipinski definition) is 1. The fourth-order valence-electron chi connectivity index (χ4n) is 2.05. The van der Waals surface area contributed by atoms with Crippen molar-refractivity contribution >= 4 is 15.9 Å². The summed E-state index contributed by atoms with van der Waals surface area (Å²) in [7, 11) is -1.79. The van der Waals surface area contributed by atoms with E-state index in [-0.39, 0.29) is 18.5 Å². The third kappa shape index (κ3) is 6.03. The first kappa shape index (κ1) is 18.4. The highest BCUT2D eigenvalue weighted by molar-refractivity contribution is 7.88. The van der Waals surface area contributed by atoms with Gasteiger partial charge in [0.2, 0.25) is 15.9 Å². The van der Waals surface area contributed by atoms with E-state index in [4.69, 9.17) is 4.74 Å². The number of carbonyl (C=O) groups is 1. The molecule has 0 saturated heterocycles. The average molecular weight is 328 g/mol. The molecule has 0 unspecified atom stereocenters.